The van der Waals surface area contributed by atoms with Gasteiger partial charge in [0.2, 0.25) is 10.0 Å². The lowest BCUT2D eigenvalue weighted by Gasteiger charge is -2.13. The number of aryl methyl sites for hydroxylation is 1. The fourth-order valence-electron chi connectivity index (χ4n) is 2.29. The number of hydrogen-bond donors (Lipinski definition) is 2. The Morgan fingerprint density at radius 2 is 1.62 bits per heavy atom. The minimum atomic E-state index is -4.47. The summed E-state index contributed by atoms with van der Waals surface area (Å²) in [5.41, 5.74) is 0.523. The zero-order valence-electron chi connectivity index (χ0n) is 14.2. The van der Waals surface area contributed by atoms with Gasteiger partial charge >= 0.3 is 6.18 Å². The molecule has 0 aliphatic heterocycles. The average molecular weight is 386 g/mol. The van der Waals surface area contributed by atoms with Gasteiger partial charge in [0.1, 0.15) is 0 Å². The highest BCUT2D eigenvalue weighted by Crippen LogP contribution is 2.30. The van der Waals surface area contributed by atoms with Gasteiger partial charge in [-0.2, -0.15) is 13.2 Å². The fraction of sp³-hybridized carbons (Fsp3) is 0.235. The first-order valence-electron chi connectivity index (χ1n) is 7.49. The monoisotopic (exact) mass is 386 g/mol. The van der Waals surface area contributed by atoms with Gasteiger partial charge in [0.05, 0.1) is 10.5 Å². The van der Waals surface area contributed by atoms with Crippen LogP contribution in [0.2, 0.25) is 0 Å². The van der Waals surface area contributed by atoms with Crippen LogP contribution in [0, 0.1) is 13.8 Å². The van der Waals surface area contributed by atoms with Crippen molar-refractivity contribution in [3.63, 3.8) is 0 Å². The quantitative estimate of drug-likeness (QED) is 0.845. The smallest absolute Gasteiger partial charge is 0.322 e. The van der Waals surface area contributed by atoms with E-state index in [0.717, 1.165) is 24.3 Å². The predicted molar refractivity (Wildman–Crippen MR) is 91.6 cm³/mol. The molecule has 2 rings (SSSR count). The second-order valence-electron chi connectivity index (χ2n) is 5.65. The molecule has 2 aromatic rings. The largest absolute Gasteiger partial charge is 0.416 e. The lowest BCUT2D eigenvalue weighted by atomic mass is 10.1. The Balaban J connectivity index is 2.33. The van der Waals surface area contributed by atoms with E-state index in [1.165, 1.54) is 19.2 Å². The van der Waals surface area contributed by atoms with Crippen LogP contribution in [-0.2, 0) is 16.2 Å². The first-order chi connectivity index (χ1) is 12.0. The SMILES string of the molecule is CNS(=O)(=O)c1cc(C(=O)Nc2ccc(C(F)(F)F)cc2)cc(C)c1C. The average Bonchev–Trinajstić information content (AvgIpc) is 2.56. The molecule has 0 atom stereocenters. The zero-order chi connectivity index (χ0) is 19.7. The van der Waals surface area contributed by atoms with Crippen molar-refractivity contribution in [1.82, 2.24) is 4.72 Å². The third-order valence-electron chi connectivity index (χ3n) is 3.91. The summed E-state index contributed by atoms with van der Waals surface area (Å²) in [6.45, 7) is 3.29. The lowest BCUT2D eigenvalue weighted by molar-refractivity contribution is -0.137. The summed E-state index contributed by atoms with van der Waals surface area (Å²) in [4.78, 5) is 12.3. The summed E-state index contributed by atoms with van der Waals surface area (Å²) >= 11 is 0. The number of amides is 1. The van der Waals surface area contributed by atoms with E-state index in [-0.39, 0.29) is 16.1 Å². The molecule has 1 amide bonds. The van der Waals surface area contributed by atoms with Gasteiger partial charge in [-0.25, -0.2) is 13.1 Å². The number of hydrogen-bond acceptors (Lipinski definition) is 3. The number of nitrogens with one attached hydrogen (secondary N) is 2. The van der Waals surface area contributed by atoms with Gasteiger partial charge in [0.15, 0.2) is 0 Å². The number of benzene rings is 2. The van der Waals surface area contributed by atoms with Crippen molar-refractivity contribution in [3.8, 4) is 0 Å². The van der Waals surface area contributed by atoms with Crippen molar-refractivity contribution < 1.29 is 26.4 Å². The molecular formula is C17H17F3N2O3S. The van der Waals surface area contributed by atoms with Gasteiger partial charge < -0.3 is 5.32 Å². The molecule has 0 saturated carbocycles. The summed E-state index contributed by atoms with van der Waals surface area (Å²) in [6.07, 6.45) is -4.47. The van der Waals surface area contributed by atoms with Crippen LogP contribution in [0.4, 0.5) is 18.9 Å². The summed E-state index contributed by atoms with van der Waals surface area (Å²) in [5, 5.41) is 2.46. The first-order valence-corrected chi connectivity index (χ1v) is 8.97. The van der Waals surface area contributed by atoms with E-state index in [4.69, 9.17) is 0 Å². The van der Waals surface area contributed by atoms with Gasteiger partial charge in [-0.15, -0.1) is 0 Å². The van der Waals surface area contributed by atoms with Crippen molar-refractivity contribution in [3.05, 3.63) is 58.7 Å². The minimum Gasteiger partial charge on any atom is -0.322 e. The third kappa shape index (κ3) is 4.23. The summed E-state index contributed by atoms with van der Waals surface area (Å²) in [5.74, 6) is -0.625. The molecule has 0 spiro atoms. The zero-order valence-corrected chi connectivity index (χ0v) is 15.0. The molecule has 140 valence electrons. The Bertz CT molecular complexity index is 937. The Labute approximate surface area is 149 Å². The Morgan fingerprint density at radius 3 is 2.12 bits per heavy atom. The van der Waals surface area contributed by atoms with E-state index in [0.29, 0.717) is 11.1 Å². The second-order valence-corrected chi connectivity index (χ2v) is 7.51. The number of halogens is 3. The van der Waals surface area contributed by atoms with Crippen LogP contribution in [0.1, 0.15) is 27.0 Å². The molecule has 0 radical (unpaired) electrons. The molecule has 0 aromatic heterocycles. The Morgan fingerprint density at radius 1 is 1.04 bits per heavy atom. The fourth-order valence-corrected chi connectivity index (χ4v) is 3.36. The van der Waals surface area contributed by atoms with Crippen LogP contribution < -0.4 is 10.0 Å². The molecule has 0 fully saturated rings. The van der Waals surface area contributed by atoms with Crippen LogP contribution in [0.15, 0.2) is 41.3 Å². The number of alkyl halides is 3. The molecule has 9 heteroatoms. The van der Waals surface area contributed by atoms with Crippen LogP contribution in [0.5, 0.6) is 0 Å². The number of carbonyl (C=O) groups excluding carboxylic acids is 1. The van der Waals surface area contributed by atoms with Crippen LogP contribution in [-0.4, -0.2) is 21.4 Å². The standard InChI is InChI=1S/C17H17F3N2O3S/c1-10-8-12(9-15(11(10)2)26(24,25)21-3)16(23)22-14-6-4-13(5-7-14)17(18,19)20/h4-9,21H,1-3H3,(H,22,23). The molecule has 2 aromatic carbocycles. The number of sulfonamides is 1. The maximum Gasteiger partial charge on any atom is 0.416 e. The van der Waals surface area contributed by atoms with Crippen molar-refractivity contribution in [1.29, 1.82) is 0 Å². The lowest BCUT2D eigenvalue weighted by Crippen LogP contribution is -2.21. The molecule has 0 saturated heterocycles. The normalized spacial score (nSPS) is 12.1. The maximum absolute atomic E-state index is 12.6. The molecule has 2 N–H and O–H groups in total. The third-order valence-corrected chi connectivity index (χ3v) is 5.45. The maximum atomic E-state index is 12.6. The van der Waals surface area contributed by atoms with Crippen molar-refractivity contribution in [2.75, 3.05) is 12.4 Å². The van der Waals surface area contributed by atoms with E-state index >= 15 is 0 Å². The predicted octanol–water partition coefficient (Wildman–Crippen LogP) is 3.48. The van der Waals surface area contributed by atoms with Gasteiger partial charge in [-0.3, -0.25) is 4.79 Å². The Hall–Kier alpha value is -2.39. The molecular weight excluding hydrogens is 369 g/mol. The summed E-state index contributed by atoms with van der Waals surface area (Å²) < 4.78 is 64.1. The van der Waals surface area contributed by atoms with Crippen LogP contribution in [0.3, 0.4) is 0 Å². The molecule has 0 aliphatic carbocycles. The Kier molecular flexibility index (Phi) is 5.43. The summed E-state index contributed by atoms with van der Waals surface area (Å²) in [7, 11) is -2.49. The van der Waals surface area contributed by atoms with E-state index < -0.39 is 27.7 Å². The molecule has 0 heterocycles. The molecule has 5 nitrogen and oxygen atoms in total. The van der Waals surface area contributed by atoms with E-state index in [9.17, 15) is 26.4 Å². The van der Waals surface area contributed by atoms with Crippen LogP contribution >= 0.6 is 0 Å². The molecule has 0 aliphatic rings. The van der Waals surface area contributed by atoms with Gasteiger partial charge in [-0.1, -0.05) is 0 Å². The highest BCUT2D eigenvalue weighted by molar-refractivity contribution is 7.89. The minimum absolute atomic E-state index is 0.0300. The van der Waals surface area contributed by atoms with Gasteiger partial charge in [0, 0.05) is 11.3 Å². The van der Waals surface area contributed by atoms with Gasteiger partial charge in [0.25, 0.3) is 5.91 Å². The van der Waals surface area contributed by atoms with Gasteiger partial charge in [-0.05, 0) is 68.4 Å². The van der Waals surface area contributed by atoms with E-state index in [2.05, 4.69) is 10.0 Å². The number of anilines is 1. The second kappa shape index (κ2) is 7.08. The molecule has 26 heavy (non-hydrogen) atoms. The van der Waals surface area contributed by atoms with Crippen molar-refractivity contribution in [2.24, 2.45) is 0 Å². The number of carbonyl (C=O) groups is 1. The van der Waals surface area contributed by atoms with Crippen molar-refractivity contribution >= 4 is 21.6 Å². The topological polar surface area (TPSA) is 75.3 Å². The highest BCUT2D eigenvalue weighted by atomic mass is 32.2. The highest BCUT2D eigenvalue weighted by Gasteiger charge is 2.30. The van der Waals surface area contributed by atoms with Crippen LogP contribution in [0.25, 0.3) is 0 Å². The molecule has 0 bridgehead atoms. The number of rotatable bonds is 4. The molecule has 0 unspecified atom stereocenters. The van der Waals surface area contributed by atoms with Crippen molar-refractivity contribution in [2.45, 2.75) is 24.9 Å². The van der Waals surface area contributed by atoms with E-state index in [1.807, 2.05) is 0 Å². The first kappa shape index (κ1) is 19.9. The summed E-state index contributed by atoms with van der Waals surface area (Å²) in [6, 6.07) is 6.72. The van der Waals surface area contributed by atoms with E-state index in [1.54, 1.807) is 13.8 Å².